The summed E-state index contributed by atoms with van der Waals surface area (Å²) in [4.78, 5) is 4.81. The van der Waals surface area contributed by atoms with Crippen molar-refractivity contribution in [1.29, 1.82) is 0 Å². The van der Waals surface area contributed by atoms with Crippen molar-refractivity contribution in [3.8, 4) is 5.75 Å². The second-order valence-electron chi connectivity index (χ2n) is 8.07. The zero-order chi connectivity index (χ0) is 20.3. The highest BCUT2D eigenvalue weighted by atomic mass is 16.5. The molecule has 2 heterocycles. The summed E-state index contributed by atoms with van der Waals surface area (Å²) in [5, 5.41) is 10.9. The molecule has 4 rings (SSSR count). The summed E-state index contributed by atoms with van der Waals surface area (Å²) in [5.74, 6) is 1.01. The van der Waals surface area contributed by atoms with Crippen LogP contribution in [0.1, 0.15) is 48.7 Å². The van der Waals surface area contributed by atoms with Crippen LogP contribution in [-0.4, -0.2) is 30.6 Å². The van der Waals surface area contributed by atoms with Gasteiger partial charge in [-0.15, -0.1) is 0 Å². The second-order valence-corrected chi connectivity index (χ2v) is 8.07. The monoisotopic (exact) mass is 391 g/mol. The molecule has 2 aromatic carbocycles. The number of benzene rings is 2. The first-order chi connectivity index (χ1) is 14.1. The summed E-state index contributed by atoms with van der Waals surface area (Å²) in [6, 6.07) is 16.2. The largest absolute Gasteiger partial charge is 0.497 e. The molecule has 4 heteroatoms. The fourth-order valence-corrected chi connectivity index (χ4v) is 4.50. The number of aliphatic imine (C=N–C) groups is 1. The van der Waals surface area contributed by atoms with Crippen molar-refractivity contribution in [2.75, 3.05) is 13.7 Å². The number of ether oxygens (including phenoxy) is 2. The van der Waals surface area contributed by atoms with E-state index in [1.54, 1.807) is 7.11 Å². The number of methoxy groups -OCH3 is 1. The van der Waals surface area contributed by atoms with Crippen molar-refractivity contribution in [3.05, 3.63) is 77.4 Å². The van der Waals surface area contributed by atoms with Gasteiger partial charge in [0.1, 0.15) is 5.75 Å². The number of hydrogen-bond acceptors (Lipinski definition) is 4. The minimum atomic E-state index is -0.595. The van der Waals surface area contributed by atoms with Crippen LogP contribution in [0, 0.1) is 5.92 Å². The molecule has 0 radical (unpaired) electrons. The fraction of sp³-hybridized carbons (Fsp3) is 0.400. The zero-order valence-electron chi connectivity index (χ0n) is 17.1. The number of rotatable bonds is 7. The molecular formula is C25H29NO3. The lowest BCUT2D eigenvalue weighted by Crippen LogP contribution is -2.35. The molecule has 0 fully saturated rings. The number of fused-ring (bicyclic) bond motifs is 1. The van der Waals surface area contributed by atoms with E-state index in [0.29, 0.717) is 6.42 Å². The van der Waals surface area contributed by atoms with Crippen LogP contribution in [0.15, 0.2) is 65.7 Å². The molecule has 152 valence electrons. The van der Waals surface area contributed by atoms with Crippen molar-refractivity contribution in [1.82, 2.24) is 0 Å². The lowest BCUT2D eigenvalue weighted by Gasteiger charge is -2.36. The molecule has 2 aliphatic rings. The molecule has 4 nitrogen and oxygen atoms in total. The summed E-state index contributed by atoms with van der Waals surface area (Å²) in [5.41, 5.74) is 3.14. The van der Waals surface area contributed by atoms with Gasteiger partial charge in [0.05, 0.1) is 31.5 Å². The fourth-order valence-electron chi connectivity index (χ4n) is 4.50. The summed E-state index contributed by atoms with van der Waals surface area (Å²) in [6.07, 6.45) is 7.85. The average molecular weight is 392 g/mol. The maximum Gasteiger partial charge on any atom is 0.118 e. The van der Waals surface area contributed by atoms with Gasteiger partial charge in [-0.1, -0.05) is 49.4 Å². The molecular weight excluding hydrogens is 362 g/mol. The van der Waals surface area contributed by atoms with Crippen LogP contribution in [0.5, 0.6) is 5.75 Å². The molecule has 1 N–H and O–H groups in total. The Balaban J connectivity index is 1.51. The van der Waals surface area contributed by atoms with Crippen LogP contribution in [0.25, 0.3) is 0 Å². The average Bonchev–Trinajstić information content (AvgIpc) is 3.24. The first-order valence-corrected chi connectivity index (χ1v) is 10.4. The first-order valence-electron chi connectivity index (χ1n) is 10.4. The van der Waals surface area contributed by atoms with Gasteiger partial charge in [-0.3, -0.25) is 4.99 Å². The molecule has 0 aromatic heterocycles. The summed E-state index contributed by atoms with van der Waals surface area (Å²) in [7, 11) is 1.64. The van der Waals surface area contributed by atoms with Crippen molar-refractivity contribution in [2.45, 2.75) is 43.9 Å². The van der Waals surface area contributed by atoms with Crippen molar-refractivity contribution in [2.24, 2.45) is 10.9 Å². The third kappa shape index (κ3) is 4.14. The van der Waals surface area contributed by atoms with Crippen LogP contribution < -0.4 is 4.74 Å². The van der Waals surface area contributed by atoms with E-state index in [9.17, 15) is 5.11 Å². The third-order valence-electron chi connectivity index (χ3n) is 6.32. The lowest BCUT2D eigenvalue weighted by atomic mass is 9.76. The molecule has 2 aromatic rings. The van der Waals surface area contributed by atoms with Crippen LogP contribution in [0.3, 0.4) is 0 Å². The normalized spacial score (nSPS) is 24.9. The predicted octanol–water partition coefficient (Wildman–Crippen LogP) is 4.84. The van der Waals surface area contributed by atoms with Crippen LogP contribution >= 0.6 is 0 Å². The molecule has 0 aliphatic carbocycles. The van der Waals surface area contributed by atoms with Gasteiger partial charge >= 0.3 is 0 Å². The summed E-state index contributed by atoms with van der Waals surface area (Å²) < 4.78 is 11.4. The van der Waals surface area contributed by atoms with Gasteiger partial charge < -0.3 is 14.6 Å². The topological polar surface area (TPSA) is 51.0 Å². The quantitative estimate of drug-likeness (QED) is 0.735. The van der Waals surface area contributed by atoms with Crippen LogP contribution in [0.2, 0.25) is 0 Å². The Bertz CT molecular complexity index is 875. The SMILES string of the molecule is COc1ccc(C(O)CC2(C(C)CC3OCCc4ccccc43)C=CC=N2)cc1. The van der Waals surface area contributed by atoms with Gasteiger partial charge in [-0.25, -0.2) is 0 Å². The smallest absolute Gasteiger partial charge is 0.118 e. The molecule has 0 amide bonds. The number of aliphatic hydroxyl groups excluding tert-OH is 1. The molecule has 0 spiro atoms. The maximum absolute atomic E-state index is 10.9. The van der Waals surface area contributed by atoms with E-state index in [2.05, 4.69) is 37.3 Å². The van der Waals surface area contributed by atoms with Gasteiger partial charge in [0.15, 0.2) is 0 Å². The minimum Gasteiger partial charge on any atom is -0.497 e. The van der Waals surface area contributed by atoms with E-state index in [4.69, 9.17) is 14.5 Å². The van der Waals surface area contributed by atoms with E-state index in [1.165, 1.54) is 11.1 Å². The van der Waals surface area contributed by atoms with E-state index in [-0.39, 0.29) is 12.0 Å². The van der Waals surface area contributed by atoms with Gasteiger partial charge in [-0.05, 0) is 53.7 Å². The first kappa shape index (κ1) is 19.9. The van der Waals surface area contributed by atoms with Gasteiger partial charge in [-0.2, -0.15) is 0 Å². The Hall–Kier alpha value is -2.43. The Morgan fingerprint density at radius 1 is 1.21 bits per heavy atom. The van der Waals surface area contributed by atoms with E-state index >= 15 is 0 Å². The highest BCUT2D eigenvalue weighted by molar-refractivity contribution is 5.75. The number of aliphatic hydroxyl groups is 1. The number of nitrogens with zero attached hydrogens (tertiary/aromatic N) is 1. The highest BCUT2D eigenvalue weighted by Gasteiger charge is 2.39. The van der Waals surface area contributed by atoms with E-state index in [0.717, 1.165) is 30.8 Å². The Morgan fingerprint density at radius 3 is 2.72 bits per heavy atom. The predicted molar refractivity (Wildman–Crippen MR) is 116 cm³/mol. The third-order valence-corrected chi connectivity index (χ3v) is 6.32. The Labute approximate surface area is 172 Å². The Kier molecular flexibility index (Phi) is 5.84. The van der Waals surface area contributed by atoms with Crippen molar-refractivity contribution >= 4 is 6.21 Å². The van der Waals surface area contributed by atoms with E-state index in [1.807, 2.05) is 36.6 Å². The summed E-state index contributed by atoms with van der Waals surface area (Å²) >= 11 is 0. The molecule has 2 aliphatic heterocycles. The van der Waals surface area contributed by atoms with Crippen LogP contribution in [0.4, 0.5) is 0 Å². The van der Waals surface area contributed by atoms with Gasteiger partial charge in [0.25, 0.3) is 0 Å². The molecule has 4 unspecified atom stereocenters. The highest BCUT2D eigenvalue weighted by Crippen LogP contribution is 2.42. The van der Waals surface area contributed by atoms with E-state index < -0.39 is 11.6 Å². The molecule has 0 bridgehead atoms. The zero-order valence-corrected chi connectivity index (χ0v) is 17.1. The van der Waals surface area contributed by atoms with Gasteiger partial charge in [0, 0.05) is 12.6 Å². The number of allylic oxidation sites excluding steroid dienone is 1. The van der Waals surface area contributed by atoms with Crippen molar-refractivity contribution in [3.63, 3.8) is 0 Å². The second kappa shape index (κ2) is 8.52. The number of hydrogen-bond donors (Lipinski definition) is 1. The standard InChI is InChI=1S/C25H29NO3/c1-18(16-24-22-7-4-3-6-19(22)12-15-29-24)25(13-5-14-26-25)17-23(27)20-8-10-21(28-2)11-9-20/h3-11,13-14,18,23-24,27H,12,15-17H2,1-2H3. The molecule has 29 heavy (non-hydrogen) atoms. The Morgan fingerprint density at radius 2 is 2.00 bits per heavy atom. The van der Waals surface area contributed by atoms with Gasteiger partial charge in [0.2, 0.25) is 0 Å². The molecule has 0 saturated carbocycles. The van der Waals surface area contributed by atoms with Crippen LogP contribution in [-0.2, 0) is 11.2 Å². The summed E-state index contributed by atoms with van der Waals surface area (Å²) in [6.45, 7) is 2.98. The van der Waals surface area contributed by atoms with Crippen molar-refractivity contribution < 1.29 is 14.6 Å². The molecule has 0 saturated heterocycles. The minimum absolute atomic E-state index is 0.0779. The lowest BCUT2D eigenvalue weighted by molar-refractivity contribution is 0.0172. The molecule has 4 atom stereocenters. The maximum atomic E-state index is 10.9.